The third-order valence-corrected chi connectivity index (χ3v) is 2.53. The zero-order valence-corrected chi connectivity index (χ0v) is 10.1. The van der Waals surface area contributed by atoms with Crippen molar-refractivity contribution in [1.29, 1.82) is 0 Å². The minimum atomic E-state index is 0.673. The van der Waals surface area contributed by atoms with Gasteiger partial charge < -0.3 is 10.6 Å². The number of anilines is 2. The van der Waals surface area contributed by atoms with E-state index in [1.807, 2.05) is 38.2 Å². The Balaban J connectivity index is 2.14. The molecule has 2 rings (SSSR count). The lowest BCUT2D eigenvalue weighted by molar-refractivity contribution is 0.874. The van der Waals surface area contributed by atoms with Crippen molar-refractivity contribution in [1.82, 2.24) is 9.97 Å². The van der Waals surface area contributed by atoms with Crippen LogP contribution in [-0.4, -0.2) is 17.0 Å². The molecule has 0 atom stereocenters. The quantitative estimate of drug-likeness (QED) is 0.873. The molecule has 88 valence electrons. The number of hydrogen-bond donors (Lipinski definition) is 1. The summed E-state index contributed by atoms with van der Waals surface area (Å²) in [4.78, 5) is 10.6. The lowest BCUT2D eigenvalue weighted by atomic mass is 10.3. The number of pyridine rings is 2. The highest BCUT2D eigenvalue weighted by atomic mass is 15.1. The van der Waals surface area contributed by atoms with Gasteiger partial charge >= 0.3 is 0 Å². The number of nitrogens with two attached hydrogens (primary N) is 1. The van der Waals surface area contributed by atoms with Crippen LogP contribution >= 0.6 is 0 Å². The van der Waals surface area contributed by atoms with Crippen molar-refractivity contribution in [3.8, 4) is 0 Å². The molecule has 0 unspecified atom stereocenters. The number of hydrogen-bond acceptors (Lipinski definition) is 4. The van der Waals surface area contributed by atoms with Crippen LogP contribution in [0.5, 0.6) is 0 Å². The predicted octanol–water partition coefficient (Wildman–Crippen LogP) is 2.00. The van der Waals surface area contributed by atoms with E-state index in [0.29, 0.717) is 5.69 Å². The average Bonchev–Trinajstić information content (AvgIpc) is 2.29. The van der Waals surface area contributed by atoms with Crippen molar-refractivity contribution in [2.24, 2.45) is 0 Å². The standard InChI is InChI=1S/C13H16N4/c1-10-4-3-5-12(16-10)9-17(2)13-6-11(14)7-15-8-13/h3-8H,9,14H2,1-2H3. The third kappa shape index (κ3) is 2.93. The van der Waals surface area contributed by atoms with Gasteiger partial charge in [-0.3, -0.25) is 9.97 Å². The van der Waals surface area contributed by atoms with E-state index in [9.17, 15) is 0 Å². The number of aryl methyl sites for hydroxylation is 1. The monoisotopic (exact) mass is 228 g/mol. The Bertz CT molecular complexity index is 510. The summed E-state index contributed by atoms with van der Waals surface area (Å²) in [6.45, 7) is 2.73. The van der Waals surface area contributed by atoms with Gasteiger partial charge in [-0.25, -0.2) is 0 Å². The zero-order chi connectivity index (χ0) is 12.3. The van der Waals surface area contributed by atoms with Gasteiger partial charge in [-0.05, 0) is 25.1 Å². The lowest BCUT2D eigenvalue weighted by Gasteiger charge is -2.18. The highest BCUT2D eigenvalue weighted by Gasteiger charge is 2.04. The van der Waals surface area contributed by atoms with Crippen molar-refractivity contribution in [2.75, 3.05) is 17.7 Å². The molecule has 0 saturated carbocycles. The Morgan fingerprint density at radius 3 is 2.82 bits per heavy atom. The number of rotatable bonds is 3. The lowest BCUT2D eigenvalue weighted by Crippen LogP contribution is -2.17. The van der Waals surface area contributed by atoms with Gasteiger partial charge in [0.2, 0.25) is 0 Å². The van der Waals surface area contributed by atoms with E-state index in [1.165, 1.54) is 0 Å². The van der Waals surface area contributed by atoms with Crippen LogP contribution < -0.4 is 10.6 Å². The molecule has 0 amide bonds. The molecule has 17 heavy (non-hydrogen) atoms. The van der Waals surface area contributed by atoms with Gasteiger partial charge in [-0.15, -0.1) is 0 Å². The fourth-order valence-corrected chi connectivity index (χ4v) is 1.68. The third-order valence-electron chi connectivity index (χ3n) is 2.53. The van der Waals surface area contributed by atoms with Crippen LogP contribution in [0, 0.1) is 6.92 Å². The molecule has 2 N–H and O–H groups in total. The molecule has 0 aliphatic heterocycles. The molecule has 0 spiro atoms. The van der Waals surface area contributed by atoms with E-state index in [2.05, 4.69) is 14.9 Å². The van der Waals surface area contributed by atoms with Gasteiger partial charge in [0.05, 0.1) is 29.8 Å². The van der Waals surface area contributed by atoms with Crippen LogP contribution in [0.25, 0.3) is 0 Å². The molecule has 4 heteroatoms. The van der Waals surface area contributed by atoms with Crippen LogP contribution in [0.15, 0.2) is 36.7 Å². The van der Waals surface area contributed by atoms with Crippen LogP contribution in [0.4, 0.5) is 11.4 Å². The summed E-state index contributed by atoms with van der Waals surface area (Å²) in [6.07, 6.45) is 3.44. The Labute approximate surface area is 101 Å². The maximum Gasteiger partial charge on any atom is 0.0600 e. The van der Waals surface area contributed by atoms with Crippen molar-refractivity contribution >= 4 is 11.4 Å². The second-order valence-corrected chi connectivity index (χ2v) is 4.10. The molecular weight excluding hydrogens is 212 g/mol. The van der Waals surface area contributed by atoms with Gasteiger partial charge in [0.1, 0.15) is 0 Å². The summed E-state index contributed by atoms with van der Waals surface area (Å²) in [7, 11) is 2.00. The fraction of sp³-hybridized carbons (Fsp3) is 0.231. The fourth-order valence-electron chi connectivity index (χ4n) is 1.68. The minimum absolute atomic E-state index is 0.673. The minimum Gasteiger partial charge on any atom is -0.397 e. The molecule has 2 aromatic rings. The molecule has 2 aromatic heterocycles. The van der Waals surface area contributed by atoms with Crippen LogP contribution in [0.2, 0.25) is 0 Å². The highest BCUT2D eigenvalue weighted by Crippen LogP contribution is 2.16. The first-order chi connectivity index (χ1) is 8.15. The molecule has 2 heterocycles. The van der Waals surface area contributed by atoms with Gasteiger partial charge in [0.25, 0.3) is 0 Å². The summed E-state index contributed by atoms with van der Waals surface area (Å²) >= 11 is 0. The predicted molar refractivity (Wildman–Crippen MR) is 69.7 cm³/mol. The molecule has 0 radical (unpaired) electrons. The van der Waals surface area contributed by atoms with Gasteiger partial charge in [-0.2, -0.15) is 0 Å². The smallest absolute Gasteiger partial charge is 0.0600 e. The zero-order valence-electron chi connectivity index (χ0n) is 10.1. The van der Waals surface area contributed by atoms with E-state index in [0.717, 1.165) is 23.6 Å². The molecule has 0 aliphatic carbocycles. The van der Waals surface area contributed by atoms with Crippen LogP contribution in [-0.2, 0) is 6.54 Å². The number of nitrogen functional groups attached to an aromatic ring is 1. The first-order valence-electron chi connectivity index (χ1n) is 5.49. The second-order valence-electron chi connectivity index (χ2n) is 4.10. The van der Waals surface area contributed by atoms with Crippen molar-refractivity contribution in [3.63, 3.8) is 0 Å². The summed E-state index contributed by atoms with van der Waals surface area (Å²) < 4.78 is 0. The molecule has 4 nitrogen and oxygen atoms in total. The summed E-state index contributed by atoms with van der Waals surface area (Å²) in [6, 6.07) is 7.93. The summed E-state index contributed by atoms with van der Waals surface area (Å²) in [5.41, 5.74) is 9.44. The van der Waals surface area contributed by atoms with E-state index in [1.54, 1.807) is 12.4 Å². The Morgan fingerprint density at radius 2 is 2.12 bits per heavy atom. The van der Waals surface area contributed by atoms with E-state index in [4.69, 9.17) is 5.73 Å². The SMILES string of the molecule is Cc1cccc(CN(C)c2cncc(N)c2)n1. The molecule has 0 saturated heterocycles. The molecule has 0 bridgehead atoms. The Hall–Kier alpha value is -2.10. The highest BCUT2D eigenvalue weighted by molar-refractivity contribution is 5.52. The first kappa shape index (κ1) is 11.4. The average molecular weight is 228 g/mol. The largest absolute Gasteiger partial charge is 0.397 e. The van der Waals surface area contributed by atoms with E-state index in [-0.39, 0.29) is 0 Å². The van der Waals surface area contributed by atoms with Crippen molar-refractivity contribution in [2.45, 2.75) is 13.5 Å². The van der Waals surface area contributed by atoms with Gasteiger partial charge in [0, 0.05) is 18.9 Å². The molecule has 0 aromatic carbocycles. The molecule has 0 fully saturated rings. The van der Waals surface area contributed by atoms with Crippen LogP contribution in [0.1, 0.15) is 11.4 Å². The second kappa shape index (κ2) is 4.82. The van der Waals surface area contributed by atoms with Gasteiger partial charge in [-0.1, -0.05) is 6.07 Å². The molecular formula is C13H16N4. The number of nitrogens with zero attached hydrogens (tertiary/aromatic N) is 3. The maximum atomic E-state index is 5.71. The Morgan fingerprint density at radius 1 is 1.29 bits per heavy atom. The topological polar surface area (TPSA) is 55.0 Å². The number of aromatic nitrogens is 2. The van der Waals surface area contributed by atoms with Crippen molar-refractivity contribution < 1.29 is 0 Å². The summed E-state index contributed by atoms with van der Waals surface area (Å²) in [5.74, 6) is 0. The van der Waals surface area contributed by atoms with Crippen molar-refractivity contribution in [3.05, 3.63) is 48.0 Å². The maximum absolute atomic E-state index is 5.71. The molecule has 0 aliphatic rings. The summed E-state index contributed by atoms with van der Waals surface area (Å²) in [5, 5.41) is 0. The van der Waals surface area contributed by atoms with Crippen LogP contribution in [0.3, 0.4) is 0 Å². The van der Waals surface area contributed by atoms with Gasteiger partial charge in [0.15, 0.2) is 0 Å². The Kier molecular flexibility index (Phi) is 3.23. The van der Waals surface area contributed by atoms with E-state index < -0.39 is 0 Å². The normalized spacial score (nSPS) is 10.2. The first-order valence-corrected chi connectivity index (χ1v) is 5.49. The van der Waals surface area contributed by atoms with E-state index >= 15 is 0 Å².